The maximum absolute atomic E-state index is 12.9. The number of hydrogen-bond acceptors (Lipinski definition) is 3. The average Bonchev–Trinajstić information content (AvgIpc) is 2.53. The smallest absolute Gasteiger partial charge is 0.255 e. The van der Waals surface area contributed by atoms with Crippen LogP contribution in [0.1, 0.15) is 35.2 Å². The lowest BCUT2D eigenvalue weighted by atomic mass is 9.97. The lowest BCUT2D eigenvalue weighted by Gasteiger charge is -2.35. The van der Waals surface area contributed by atoms with Gasteiger partial charge in [-0.1, -0.05) is 12.1 Å². The molecule has 1 amide bonds. The van der Waals surface area contributed by atoms with E-state index in [2.05, 4.69) is 23.3 Å². The maximum atomic E-state index is 12.9. The number of aryl methyl sites for hydroxylation is 1. The first-order valence-corrected chi connectivity index (χ1v) is 7.98. The average molecular weight is 287 g/mol. The normalized spacial score (nSPS) is 19.7. The topological polar surface area (TPSA) is 35.6 Å². The fourth-order valence-electron chi connectivity index (χ4n) is 3.43. The third-order valence-electron chi connectivity index (χ3n) is 4.86. The zero-order chi connectivity index (χ0) is 14.8. The summed E-state index contributed by atoms with van der Waals surface area (Å²) in [6, 6.07) is 6.48. The molecule has 21 heavy (non-hydrogen) atoms. The van der Waals surface area contributed by atoms with E-state index in [0.29, 0.717) is 6.04 Å². The maximum Gasteiger partial charge on any atom is 0.255 e. The minimum absolute atomic E-state index is 0.163. The van der Waals surface area contributed by atoms with Crippen molar-refractivity contribution in [3.05, 3.63) is 29.3 Å². The Morgan fingerprint density at radius 1 is 1.33 bits per heavy atom. The van der Waals surface area contributed by atoms with Crippen molar-refractivity contribution < 1.29 is 4.79 Å². The molecule has 3 rings (SSSR count). The summed E-state index contributed by atoms with van der Waals surface area (Å²) in [7, 11) is 4.11. The third kappa shape index (κ3) is 2.91. The van der Waals surface area contributed by atoms with Crippen molar-refractivity contribution >= 4 is 11.6 Å². The molecule has 1 fully saturated rings. The van der Waals surface area contributed by atoms with Crippen LogP contribution in [0.4, 0.5) is 5.69 Å². The molecule has 114 valence electrons. The molecule has 1 saturated heterocycles. The van der Waals surface area contributed by atoms with E-state index in [-0.39, 0.29) is 5.91 Å². The molecule has 1 aromatic rings. The molecule has 2 aliphatic heterocycles. The fraction of sp³-hybridized carbons (Fsp3) is 0.588. The first-order valence-electron chi connectivity index (χ1n) is 7.98. The van der Waals surface area contributed by atoms with Gasteiger partial charge in [0, 0.05) is 19.6 Å². The van der Waals surface area contributed by atoms with Crippen LogP contribution in [0.25, 0.3) is 0 Å². The van der Waals surface area contributed by atoms with Crippen molar-refractivity contribution in [2.75, 3.05) is 39.0 Å². The van der Waals surface area contributed by atoms with Gasteiger partial charge in [0.25, 0.3) is 5.91 Å². The number of carbonyl (C=O) groups is 1. The van der Waals surface area contributed by atoms with E-state index < -0.39 is 0 Å². The van der Waals surface area contributed by atoms with E-state index >= 15 is 0 Å². The van der Waals surface area contributed by atoms with Crippen LogP contribution in [0.5, 0.6) is 0 Å². The number of anilines is 1. The summed E-state index contributed by atoms with van der Waals surface area (Å²) < 4.78 is 0. The lowest BCUT2D eigenvalue weighted by Crippen LogP contribution is -2.44. The Morgan fingerprint density at radius 2 is 2.10 bits per heavy atom. The molecule has 2 heterocycles. The summed E-state index contributed by atoms with van der Waals surface area (Å²) in [6.45, 7) is 3.12. The molecule has 4 nitrogen and oxygen atoms in total. The Bertz CT molecular complexity index is 521. The van der Waals surface area contributed by atoms with E-state index in [1.807, 2.05) is 24.1 Å². The molecule has 0 saturated carbocycles. The van der Waals surface area contributed by atoms with Gasteiger partial charge in [-0.25, -0.2) is 0 Å². The SMILES string of the molecule is CN1CCC(N(C)C(=O)c2cccc3c2NCCC3)CC1. The van der Waals surface area contributed by atoms with Gasteiger partial charge in [0.2, 0.25) is 0 Å². The molecule has 1 N–H and O–H groups in total. The summed E-state index contributed by atoms with van der Waals surface area (Å²) in [5.74, 6) is 0.163. The van der Waals surface area contributed by atoms with E-state index in [4.69, 9.17) is 0 Å². The largest absolute Gasteiger partial charge is 0.384 e. The van der Waals surface area contributed by atoms with Crippen molar-refractivity contribution in [1.29, 1.82) is 0 Å². The van der Waals surface area contributed by atoms with Crippen molar-refractivity contribution in [2.45, 2.75) is 31.7 Å². The molecule has 0 spiro atoms. The molecule has 1 aromatic carbocycles. The van der Waals surface area contributed by atoms with E-state index in [1.165, 1.54) is 5.56 Å². The van der Waals surface area contributed by atoms with Gasteiger partial charge in [-0.15, -0.1) is 0 Å². The number of piperidine rings is 1. The van der Waals surface area contributed by atoms with Gasteiger partial charge in [-0.05, 0) is 57.5 Å². The van der Waals surface area contributed by atoms with Gasteiger partial charge in [0.05, 0.1) is 11.3 Å². The van der Waals surface area contributed by atoms with Crippen LogP contribution in [0.15, 0.2) is 18.2 Å². The van der Waals surface area contributed by atoms with Crippen LogP contribution in [0, 0.1) is 0 Å². The van der Waals surface area contributed by atoms with E-state index in [0.717, 1.165) is 56.6 Å². The van der Waals surface area contributed by atoms with Crippen LogP contribution >= 0.6 is 0 Å². The highest BCUT2D eigenvalue weighted by molar-refractivity contribution is 6.00. The predicted molar refractivity (Wildman–Crippen MR) is 85.9 cm³/mol. The zero-order valence-electron chi connectivity index (χ0n) is 13.1. The number of amides is 1. The molecular weight excluding hydrogens is 262 g/mol. The van der Waals surface area contributed by atoms with Crippen molar-refractivity contribution in [3.63, 3.8) is 0 Å². The zero-order valence-corrected chi connectivity index (χ0v) is 13.1. The summed E-state index contributed by atoms with van der Waals surface area (Å²) in [5.41, 5.74) is 3.19. The Morgan fingerprint density at radius 3 is 2.86 bits per heavy atom. The number of nitrogens with one attached hydrogen (secondary N) is 1. The number of para-hydroxylation sites is 1. The molecule has 2 aliphatic rings. The highest BCUT2D eigenvalue weighted by Crippen LogP contribution is 2.28. The molecule has 0 unspecified atom stereocenters. The minimum Gasteiger partial charge on any atom is -0.384 e. The summed E-state index contributed by atoms with van der Waals surface area (Å²) >= 11 is 0. The number of carbonyl (C=O) groups excluding carboxylic acids is 1. The Balaban J connectivity index is 1.78. The van der Waals surface area contributed by atoms with Crippen molar-refractivity contribution in [3.8, 4) is 0 Å². The number of fused-ring (bicyclic) bond motifs is 1. The van der Waals surface area contributed by atoms with Gasteiger partial charge >= 0.3 is 0 Å². The number of rotatable bonds is 2. The molecule has 4 heteroatoms. The second-order valence-electron chi connectivity index (χ2n) is 6.32. The molecular formula is C17H25N3O. The molecule has 0 aliphatic carbocycles. The van der Waals surface area contributed by atoms with E-state index in [1.54, 1.807) is 0 Å². The Kier molecular flexibility index (Phi) is 4.15. The minimum atomic E-state index is 0.163. The summed E-state index contributed by atoms with van der Waals surface area (Å²) in [6.07, 6.45) is 4.36. The predicted octanol–water partition coefficient (Wildman–Crippen LogP) is 2.21. The van der Waals surface area contributed by atoms with Gasteiger partial charge in [0.1, 0.15) is 0 Å². The monoisotopic (exact) mass is 287 g/mol. The third-order valence-corrected chi connectivity index (χ3v) is 4.86. The van der Waals surface area contributed by atoms with Gasteiger partial charge < -0.3 is 15.1 Å². The molecule has 0 bridgehead atoms. The summed E-state index contributed by atoms with van der Waals surface area (Å²) in [5, 5.41) is 3.42. The van der Waals surface area contributed by atoms with Gasteiger partial charge in [0.15, 0.2) is 0 Å². The van der Waals surface area contributed by atoms with Crippen LogP contribution in [-0.4, -0.2) is 55.5 Å². The molecule has 0 aromatic heterocycles. The quantitative estimate of drug-likeness (QED) is 0.906. The second kappa shape index (κ2) is 6.06. The Hall–Kier alpha value is -1.55. The summed E-state index contributed by atoms with van der Waals surface area (Å²) in [4.78, 5) is 17.2. The van der Waals surface area contributed by atoms with Crippen molar-refractivity contribution in [2.24, 2.45) is 0 Å². The van der Waals surface area contributed by atoms with Crippen LogP contribution in [-0.2, 0) is 6.42 Å². The number of hydrogen-bond donors (Lipinski definition) is 1. The van der Waals surface area contributed by atoms with Gasteiger partial charge in [-0.2, -0.15) is 0 Å². The number of benzene rings is 1. The fourth-order valence-corrected chi connectivity index (χ4v) is 3.43. The van der Waals surface area contributed by atoms with E-state index in [9.17, 15) is 4.79 Å². The molecule has 0 radical (unpaired) electrons. The lowest BCUT2D eigenvalue weighted by molar-refractivity contribution is 0.0660. The number of likely N-dealkylation sites (tertiary alicyclic amines) is 1. The first-order chi connectivity index (χ1) is 10.2. The van der Waals surface area contributed by atoms with Crippen LogP contribution < -0.4 is 5.32 Å². The van der Waals surface area contributed by atoms with Crippen LogP contribution in [0.2, 0.25) is 0 Å². The van der Waals surface area contributed by atoms with Gasteiger partial charge in [-0.3, -0.25) is 4.79 Å². The second-order valence-corrected chi connectivity index (χ2v) is 6.32. The number of nitrogens with zero attached hydrogens (tertiary/aromatic N) is 2. The van der Waals surface area contributed by atoms with Crippen molar-refractivity contribution in [1.82, 2.24) is 9.80 Å². The highest BCUT2D eigenvalue weighted by Gasteiger charge is 2.27. The standard InChI is InChI=1S/C17H25N3O/c1-19-11-8-14(9-12-19)20(2)17(21)15-7-3-5-13-6-4-10-18-16(13)15/h3,5,7,14,18H,4,6,8-12H2,1-2H3. The molecule has 0 atom stereocenters. The Labute approximate surface area is 127 Å². The highest BCUT2D eigenvalue weighted by atomic mass is 16.2. The first kappa shape index (κ1) is 14.4. The van der Waals surface area contributed by atoms with Crippen LogP contribution in [0.3, 0.4) is 0 Å².